The first-order chi connectivity index (χ1) is 13.8. The summed E-state index contributed by atoms with van der Waals surface area (Å²) in [6.07, 6.45) is -4.58. The maximum absolute atomic E-state index is 13.1. The van der Waals surface area contributed by atoms with Crippen LogP contribution in [0.5, 0.6) is 0 Å². The second kappa shape index (κ2) is 9.95. The minimum absolute atomic E-state index is 0.0702. The van der Waals surface area contributed by atoms with E-state index < -0.39 is 17.6 Å². The van der Waals surface area contributed by atoms with E-state index in [1.165, 1.54) is 23.1 Å². The maximum Gasteiger partial charge on any atom is 0.418 e. The Hall–Kier alpha value is -3.03. The first-order valence-electron chi connectivity index (χ1n) is 9.30. The van der Waals surface area contributed by atoms with Crippen molar-refractivity contribution >= 4 is 23.2 Å². The van der Waals surface area contributed by atoms with E-state index in [-0.39, 0.29) is 31.2 Å². The highest BCUT2D eigenvalue weighted by Gasteiger charge is 2.33. The van der Waals surface area contributed by atoms with E-state index in [1.807, 2.05) is 42.2 Å². The molecule has 0 radical (unpaired) electrons. The molecule has 1 N–H and O–H groups in total. The number of hydrogen-bond acceptors (Lipinski definition) is 3. The van der Waals surface area contributed by atoms with E-state index in [4.69, 9.17) is 0 Å². The van der Waals surface area contributed by atoms with Gasteiger partial charge in [0.1, 0.15) is 0 Å². The Bertz CT molecular complexity index is 825. The van der Waals surface area contributed by atoms with E-state index in [1.54, 1.807) is 6.92 Å². The fraction of sp³-hybridized carbons (Fsp3) is 0.333. The number of likely N-dealkylation sites (N-methyl/N-ethyl adjacent to an activating group) is 2. The average Bonchev–Trinajstić information content (AvgIpc) is 2.70. The molecule has 0 aliphatic heterocycles. The lowest BCUT2D eigenvalue weighted by Crippen LogP contribution is -2.44. The molecule has 0 aromatic heterocycles. The number of carbonyl (C=O) groups is 2. The van der Waals surface area contributed by atoms with Crippen molar-refractivity contribution < 1.29 is 22.8 Å². The van der Waals surface area contributed by atoms with Crippen LogP contribution in [0, 0.1) is 0 Å². The molecule has 5 nitrogen and oxygen atoms in total. The molecule has 0 aliphatic carbocycles. The zero-order valence-corrected chi connectivity index (χ0v) is 16.4. The summed E-state index contributed by atoms with van der Waals surface area (Å²) >= 11 is 0. The highest BCUT2D eigenvalue weighted by molar-refractivity contribution is 5.95. The molecule has 0 fully saturated rings. The van der Waals surface area contributed by atoms with E-state index >= 15 is 0 Å². The first-order valence-corrected chi connectivity index (χ1v) is 9.30. The van der Waals surface area contributed by atoms with Crippen LogP contribution >= 0.6 is 0 Å². The van der Waals surface area contributed by atoms with Gasteiger partial charge in [-0.2, -0.15) is 13.2 Å². The quantitative estimate of drug-likeness (QED) is 0.719. The Balaban J connectivity index is 2.04. The number of carbonyl (C=O) groups excluding carboxylic acids is 2. The molecule has 0 spiro atoms. The Morgan fingerprint density at radius 2 is 1.52 bits per heavy atom. The van der Waals surface area contributed by atoms with Gasteiger partial charge in [0.25, 0.3) is 0 Å². The normalized spacial score (nSPS) is 11.1. The Kier molecular flexibility index (Phi) is 7.64. The van der Waals surface area contributed by atoms with Crippen molar-refractivity contribution in [2.45, 2.75) is 20.0 Å². The SMILES string of the molecule is CCN(CC(=O)Nc1ccccc1C(F)(F)F)C(=O)CN(CC)c1ccccc1. The van der Waals surface area contributed by atoms with Crippen molar-refractivity contribution in [1.82, 2.24) is 4.90 Å². The van der Waals surface area contributed by atoms with Gasteiger partial charge < -0.3 is 15.1 Å². The van der Waals surface area contributed by atoms with Gasteiger partial charge in [-0.1, -0.05) is 30.3 Å². The number of rotatable bonds is 8. The highest BCUT2D eigenvalue weighted by Crippen LogP contribution is 2.34. The van der Waals surface area contributed by atoms with Gasteiger partial charge in [0.15, 0.2) is 0 Å². The van der Waals surface area contributed by atoms with Crippen LogP contribution in [-0.4, -0.2) is 42.9 Å². The standard InChI is InChI=1S/C21H24F3N3O2/c1-3-26(16-10-6-5-7-11-16)15-20(29)27(4-2)14-19(28)25-18-13-9-8-12-17(18)21(22,23)24/h5-13H,3-4,14-15H2,1-2H3,(H,25,28). The molecule has 0 heterocycles. The monoisotopic (exact) mass is 407 g/mol. The molecule has 0 aliphatic rings. The molecule has 2 amide bonds. The number of nitrogens with zero attached hydrogens (tertiary/aromatic N) is 2. The van der Waals surface area contributed by atoms with Crippen LogP contribution in [0.25, 0.3) is 0 Å². The Morgan fingerprint density at radius 1 is 0.897 bits per heavy atom. The number of amides is 2. The predicted octanol–water partition coefficient (Wildman–Crippen LogP) is 4.02. The topological polar surface area (TPSA) is 52.7 Å². The highest BCUT2D eigenvalue weighted by atomic mass is 19.4. The van der Waals surface area contributed by atoms with Crippen LogP contribution in [-0.2, 0) is 15.8 Å². The molecule has 0 saturated heterocycles. The summed E-state index contributed by atoms with van der Waals surface area (Å²) in [4.78, 5) is 28.1. The van der Waals surface area contributed by atoms with Gasteiger partial charge in [0.2, 0.25) is 11.8 Å². The van der Waals surface area contributed by atoms with Crippen molar-refractivity contribution in [1.29, 1.82) is 0 Å². The minimum atomic E-state index is -4.58. The third-order valence-corrected chi connectivity index (χ3v) is 4.40. The van der Waals surface area contributed by atoms with Crippen LogP contribution in [0.4, 0.5) is 24.5 Å². The number of anilines is 2. The van der Waals surface area contributed by atoms with Gasteiger partial charge in [-0.25, -0.2) is 0 Å². The number of alkyl halides is 3. The second-order valence-corrected chi connectivity index (χ2v) is 6.35. The fourth-order valence-corrected chi connectivity index (χ4v) is 2.87. The Morgan fingerprint density at radius 3 is 2.10 bits per heavy atom. The zero-order valence-electron chi connectivity index (χ0n) is 16.4. The van der Waals surface area contributed by atoms with Crippen LogP contribution < -0.4 is 10.2 Å². The van der Waals surface area contributed by atoms with Crippen molar-refractivity contribution in [3.05, 3.63) is 60.2 Å². The third kappa shape index (κ3) is 6.23. The molecule has 29 heavy (non-hydrogen) atoms. The second-order valence-electron chi connectivity index (χ2n) is 6.35. The van der Waals surface area contributed by atoms with Crippen LogP contribution in [0.2, 0.25) is 0 Å². The van der Waals surface area contributed by atoms with Gasteiger partial charge in [0, 0.05) is 18.8 Å². The third-order valence-electron chi connectivity index (χ3n) is 4.40. The summed E-state index contributed by atoms with van der Waals surface area (Å²) < 4.78 is 39.2. The summed E-state index contributed by atoms with van der Waals surface area (Å²) in [7, 11) is 0. The summed E-state index contributed by atoms with van der Waals surface area (Å²) in [6, 6.07) is 14.1. The van der Waals surface area contributed by atoms with Crippen molar-refractivity contribution in [3.8, 4) is 0 Å². The van der Waals surface area contributed by atoms with Crippen LogP contribution in [0.3, 0.4) is 0 Å². The van der Waals surface area contributed by atoms with Crippen molar-refractivity contribution in [3.63, 3.8) is 0 Å². The van der Waals surface area contributed by atoms with Crippen LogP contribution in [0.15, 0.2) is 54.6 Å². The summed E-state index contributed by atoms with van der Waals surface area (Å²) in [5.41, 5.74) is -0.375. The summed E-state index contributed by atoms with van der Waals surface area (Å²) in [5, 5.41) is 2.27. The molecule has 2 rings (SSSR count). The summed E-state index contributed by atoms with van der Waals surface area (Å²) in [6.45, 7) is 4.23. The molecule has 0 atom stereocenters. The molecular formula is C21H24F3N3O2. The number of hydrogen-bond donors (Lipinski definition) is 1. The zero-order chi connectivity index (χ0) is 21.4. The molecule has 8 heteroatoms. The Labute approximate surface area is 168 Å². The number of para-hydroxylation sites is 2. The van der Waals surface area contributed by atoms with Gasteiger partial charge in [-0.05, 0) is 38.1 Å². The molecule has 2 aromatic rings. The predicted molar refractivity (Wildman–Crippen MR) is 107 cm³/mol. The van der Waals surface area contributed by atoms with E-state index in [9.17, 15) is 22.8 Å². The van der Waals surface area contributed by atoms with Crippen molar-refractivity contribution in [2.24, 2.45) is 0 Å². The summed E-state index contributed by atoms with van der Waals surface area (Å²) in [5.74, 6) is -0.961. The lowest BCUT2D eigenvalue weighted by Gasteiger charge is -2.27. The largest absolute Gasteiger partial charge is 0.418 e. The first kappa shape index (κ1) is 22.3. The lowest BCUT2D eigenvalue weighted by molar-refractivity contribution is -0.137. The maximum atomic E-state index is 13.1. The number of nitrogens with one attached hydrogen (secondary N) is 1. The van der Waals surface area contributed by atoms with E-state index in [2.05, 4.69) is 5.32 Å². The smallest absolute Gasteiger partial charge is 0.362 e. The molecule has 0 unspecified atom stereocenters. The van der Waals surface area contributed by atoms with E-state index in [0.29, 0.717) is 6.54 Å². The molecule has 2 aromatic carbocycles. The molecule has 0 bridgehead atoms. The molecule has 156 valence electrons. The number of halogens is 3. The average molecular weight is 407 g/mol. The molecule has 0 saturated carbocycles. The van der Waals surface area contributed by atoms with Gasteiger partial charge in [-0.15, -0.1) is 0 Å². The van der Waals surface area contributed by atoms with Gasteiger partial charge >= 0.3 is 6.18 Å². The van der Waals surface area contributed by atoms with Crippen molar-refractivity contribution in [2.75, 3.05) is 36.4 Å². The lowest BCUT2D eigenvalue weighted by atomic mass is 10.1. The van der Waals surface area contributed by atoms with Gasteiger partial charge in [-0.3, -0.25) is 9.59 Å². The van der Waals surface area contributed by atoms with E-state index in [0.717, 1.165) is 11.8 Å². The number of benzene rings is 2. The van der Waals surface area contributed by atoms with Crippen LogP contribution in [0.1, 0.15) is 19.4 Å². The minimum Gasteiger partial charge on any atom is -0.362 e. The van der Waals surface area contributed by atoms with Gasteiger partial charge in [0.05, 0.1) is 24.3 Å². The molecular weight excluding hydrogens is 383 g/mol. The fourth-order valence-electron chi connectivity index (χ4n) is 2.87.